The Labute approximate surface area is 196 Å². The van der Waals surface area contributed by atoms with Crippen molar-refractivity contribution in [2.75, 3.05) is 17.3 Å². The predicted molar refractivity (Wildman–Crippen MR) is 110 cm³/mol. The van der Waals surface area contributed by atoms with Gasteiger partial charge in [0.05, 0.1) is 0 Å². The Morgan fingerprint density at radius 1 is 0.640 bits per heavy atom. The number of hydrogen-bond acceptors (Lipinski definition) is 9. The van der Waals surface area contributed by atoms with Gasteiger partial charge in [0.15, 0.2) is 0 Å². The summed E-state index contributed by atoms with van der Waals surface area (Å²) in [7, 11) is 0. The van der Waals surface area contributed by atoms with Gasteiger partial charge in [-0.2, -0.15) is 37.9 Å². The predicted octanol–water partition coefficient (Wildman–Crippen LogP) is -0.753. The molecule has 0 aromatic carbocycles. The molecule has 161 valence electrons. The minimum absolute atomic E-state index is 0. The zero-order valence-corrected chi connectivity index (χ0v) is 19.8. The summed E-state index contributed by atoms with van der Waals surface area (Å²) >= 11 is 10.9. The molecule has 0 saturated heterocycles. The van der Waals surface area contributed by atoms with E-state index in [0.717, 1.165) is 0 Å². The fourth-order valence-corrected chi connectivity index (χ4v) is 0.703. The van der Waals surface area contributed by atoms with Crippen LogP contribution in [0.25, 0.3) is 0 Å². The largest absolute Gasteiger partial charge is 0.480 e. The van der Waals surface area contributed by atoms with E-state index in [1.165, 1.54) is 0 Å². The van der Waals surface area contributed by atoms with E-state index in [4.69, 9.17) is 32.5 Å². The molecule has 0 heterocycles. The van der Waals surface area contributed by atoms with Crippen molar-refractivity contribution in [3.05, 3.63) is 0 Å². The quantitative estimate of drug-likeness (QED) is 0.129. The molecule has 0 aromatic rings. The van der Waals surface area contributed by atoms with E-state index in [1.54, 1.807) is 0 Å². The van der Waals surface area contributed by atoms with Crippen molar-refractivity contribution >= 4 is 93.0 Å². The third kappa shape index (κ3) is 36.6. The van der Waals surface area contributed by atoms with Crippen LogP contribution in [0.5, 0.6) is 0 Å². The number of nitrogens with two attached hydrogens (primary N) is 3. The molecule has 0 aliphatic rings. The molecule has 16 heteroatoms. The van der Waals surface area contributed by atoms with Gasteiger partial charge < -0.3 is 32.5 Å². The zero-order valence-electron chi connectivity index (χ0n) is 12.5. The second-order valence-corrected chi connectivity index (χ2v) is 4.48. The van der Waals surface area contributed by atoms with Gasteiger partial charge in [-0.25, -0.2) is 0 Å². The van der Waals surface area contributed by atoms with Crippen LogP contribution >= 0.6 is 75.1 Å². The van der Waals surface area contributed by atoms with Crippen LogP contribution in [-0.2, 0) is 36.8 Å². The molecule has 25 heavy (non-hydrogen) atoms. The summed E-state index contributed by atoms with van der Waals surface area (Å²) in [6.45, 7) is 0. The Morgan fingerprint density at radius 2 is 0.760 bits per heavy atom. The first-order valence-corrected chi connectivity index (χ1v) is 7.22. The molecule has 1 radical (unpaired) electrons. The number of carbonyl (C=O) groups is 3. The molecule has 0 fully saturated rings. The maximum atomic E-state index is 9.76. The van der Waals surface area contributed by atoms with Gasteiger partial charge >= 0.3 is 17.9 Å². The first-order chi connectivity index (χ1) is 9.54. The average molecular weight is 670 g/mol. The molecule has 0 saturated carbocycles. The van der Waals surface area contributed by atoms with Gasteiger partial charge in [-0.1, -0.05) is 0 Å². The maximum Gasteiger partial charge on any atom is 0.321 e. The average Bonchev–Trinajstić information content (AvgIpc) is 2.45. The van der Waals surface area contributed by atoms with Gasteiger partial charge in [0.1, 0.15) is 18.1 Å². The van der Waals surface area contributed by atoms with Gasteiger partial charge in [0, 0.05) is 39.6 Å². The number of rotatable bonds is 6. The van der Waals surface area contributed by atoms with Crippen molar-refractivity contribution < 1.29 is 52.1 Å². The van der Waals surface area contributed by atoms with E-state index in [2.05, 4.69) is 37.9 Å². The summed E-state index contributed by atoms with van der Waals surface area (Å²) in [6, 6.07) is -2.45. The molecule has 0 bridgehead atoms. The summed E-state index contributed by atoms with van der Waals surface area (Å²) in [6.07, 6.45) is 0. The zero-order chi connectivity index (χ0) is 17.6. The fraction of sp³-hybridized carbons (Fsp3) is 0.667. The molecule has 0 spiro atoms. The summed E-state index contributed by atoms with van der Waals surface area (Å²) in [5.74, 6) is -2.44. The maximum absolute atomic E-state index is 9.76. The minimum Gasteiger partial charge on any atom is -0.480 e. The van der Waals surface area contributed by atoms with Gasteiger partial charge in [-0.3, -0.25) is 14.4 Å². The number of halogens is 3. The van der Waals surface area contributed by atoms with E-state index in [0.29, 0.717) is 0 Å². The molecule has 0 aromatic heterocycles. The second kappa shape index (κ2) is 29.7. The van der Waals surface area contributed by atoms with E-state index in [1.807, 2.05) is 0 Å². The van der Waals surface area contributed by atoms with E-state index in [-0.39, 0.29) is 76.9 Å². The van der Waals surface area contributed by atoms with Crippen molar-refractivity contribution in [3.8, 4) is 0 Å². The van der Waals surface area contributed by atoms with Crippen molar-refractivity contribution in [1.29, 1.82) is 0 Å². The molecule has 0 amide bonds. The molecule has 3 atom stereocenters. The molecule has 0 unspecified atom stereocenters. The Balaban J connectivity index is -0.0000000360. The SMILES string of the molecule is Cl.Cl.Cl.N[C@@H](CS)C(=O)O.N[C@@H](CS)C(=O)O.N[C@@H](CS)C(=O)O.[Au]. The van der Waals surface area contributed by atoms with Crippen molar-refractivity contribution in [2.45, 2.75) is 18.1 Å². The topological polar surface area (TPSA) is 190 Å². The van der Waals surface area contributed by atoms with Gasteiger partial charge in [-0.15, -0.1) is 37.2 Å². The van der Waals surface area contributed by atoms with Crippen molar-refractivity contribution in [3.63, 3.8) is 0 Å². The Morgan fingerprint density at radius 3 is 0.760 bits per heavy atom. The van der Waals surface area contributed by atoms with Crippen molar-refractivity contribution in [2.24, 2.45) is 17.2 Å². The van der Waals surface area contributed by atoms with E-state index < -0.39 is 36.0 Å². The first-order valence-electron chi connectivity index (χ1n) is 5.32. The number of carboxylic acids is 3. The summed E-state index contributed by atoms with van der Waals surface area (Å²) in [5.41, 5.74) is 14.8. The number of hydrogen-bond donors (Lipinski definition) is 9. The fourth-order valence-electron chi connectivity index (χ4n) is 0.234. The monoisotopic (exact) mass is 668 g/mol. The molecular formula is C9H24AuCl3N3O6S3. The summed E-state index contributed by atoms with van der Waals surface area (Å²) in [5, 5.41) is 24.0. The van der Waals surface area contributed by atoms with Crippen LogP contribution in [0.15, 0.2) is 0 Å². The molecule has 0 rings (SSSR count). The van der Waals surface area contributed by atoms with Crippen molar-refractivity contribution in [1.82, 2.24) is 0 Å². The number of carboxylic acid groups (broad SMARTS) is 3. The summed E-state index contributed by atoms with van der Waals surface area (Å²) < 4.78 is 0. The van der Waals surface area contributed by atoms with Gasteiger partial charge in [0.25, 0.3) is 0 Å². The standard InChI is InChI=1S/3C3H7NO2S.Au.3ClH/c3*4-2(1-7)3(5)6;;;;/h3*2,7H,1,4H2,(H,5,6);;3*1H/t3*2-;;;;/m000..../s1. The van der Waals surface area contributed by atoms with Crippen LogP contribution in [0.2, 0.25) is 0 Å². The Kier molecular flexibility index (Phi) is 53.4. The third-order valence-corrected chi connectivity index (χ3v) is 2.72. The van der Waals surface area contributed by atoms with Crippen LogP contribution in [0.4, 0.5) is 0 Å². The van der Waals surface area contributed by atoms with Crippen LogP contribution < -0.4 is 17.2 Å². The summed E-state index contributed by atoms with van der Waals surface area (Å²) in [4.78, 5) is 29.3. The second-order valence-electron chi connectivity index (χ2n) is 3.38. The smallest absolute Gasteiger partial charge is 0.321 e. The molecule has 0 aliphatic carbocycles. The number of thiol groups is 3. The molecule has 0 aliphatic heterocycles. The molecule has 9 N–H and O–H groups in total. The Bertz CT molecular complexity index is 293. The van der Waals surface area contributed by atoms with Gasteiger partial charge in [-0.05, 0) is 0 Å². The van der Waals surface area contributed by atoms with E-state index in [9.17, 15) is 14.4 Å². The first kappa shape index (κ1) is 45.0. The van der Waals surface area contributed by atoms with E-state index >= 15 is 0 Å². The Hall–Kier alpha value is 0.950. The normalized spacial score (nSPS) is 11.3. The molecule has 9 nitrogen and oxygen atoms in total. The van der Waals surface area contributed by atoms with Crippen LogP contribution in [-0.4, -0.2) is 68.6 Å². The molecular weight excluding hydrogens is 646 g/mol. The van der Waals surface area contributed by atoms with Crippen LogP contribution in [0, 0.1) is 0 Å². The van der Waals surface area contributed by atoms with Gasteiger partial charge in [0.2, 0.25) is 0 Å². The minimum atomic E-state index is -1.00. The number of aliphatic carboxylic acids is 3. The third-order valence-electron chi connectivity index (χ3n) is 1.54. The van der Waals surface area contributed by atoms with Crippen LogP contribution in [0.3, 0.4) is 0 Å². The van der Waals surface area contributed by atoms with Crippen LogP contribution in [0.1, 0.15) is 0 Å².